The van der Waals surface area contributed by atoms with Crippen LogP contribution < -0.4 is 4.74 Å². The van der Waals surface area contributed by atoms with Gasteiger partial charge in [-0.15, -0.1) is 0 Å². The standard InChI is InChI=1S/C42H31N3O/c1-42(2)36-23-13-12-21-34(36)38-35(22-14-24-37(38)46-42)41-44-39(30-19-10-5-11-20-30)43-40(45-41)33-26-31(28-15-6-3-7-16-28)25-32(27-33)29-17-8-4-9-18-29/h3-27H,1-2H3. The lowest BCUT2D eigenvalue weighted by Gasteiger charge is -2.35. The number of rotatable bonds is 5. The molecule has 0 radical (unpaired) electrons. The van der Waals surface area contributed by atoms with Gasteiger partial charge in [0, 0.05) is 27.8 Å². The van der Waals surface area contributed by atoms with Crippen molar-refractivity contribution in [3.05, 3.63) is 157 Å². The second kappa shape index (κ2) is 11.2. The van der Waals surface area contributed by atoms with E-state index in [2.05, 4.69) is 111 Å². The van der Waals surface area contributed by atoms with E-state index in [1.165, 1.54) is 0 Å². The maximum atomic E-state index is 6.60. The van der Waals surface area contributed by atoms with E-state index in [0.29, 0.717) is 17.5 Å². The number of hydrogen-bond donors (Lipinski definition) is 0. The molecule has 46 heavy (non-hydrogen) atoms. The van der Waals surface area contributed by atoms with E-state index in [1.807, 2.05) is 54.6 Å². The van der Waals surface area contributed by atoms with Crippen LogP contribution in [-0.4, -0.2) is 15.0 Å². The highest BCUT2D eigenvalue weighted by atomic mass is 16.5. The Morgan fingerprint density at radius 2 is 0.891 bits per heavy atom. The van der Waals surface area contributed by atoms with Gasteiger partial charge in [-0.3, -0.25) is 0 Å². The zero-order chi connectivity index (χ0) is 31.1. The fourth-order valence-electron chi connectivity index (χ4n) is 6.33. The zero-order valence-electron chi connectivity index (χ0n) is 25.7. The van der Waals surface area contributed by atoms with Crippen molar-refractivity contribution in [1.82, 2.24) is 15.0 Å². The predicted molar refractivity (Wildman–Crippen MR) is 186 cm³/mol. The molecule has 1 aromatic heterocycles. The first-order valence-corrected chi connectivity index (χ1v) is 15.5. The zero-order valence-corrected chi connectivity index (χ0v) is 25.7. The lowest BCUT2D eigenvalue weighted by Crippen LogP contribution is -2.29. The first-order chi connectivity index (χ1) is 22.5. The molecule has 0 fully saturated rings. The van der Waals surface area contributed by atoms with Gasteiger partial charge in [0.05, 0.1) is 0 Å². The van der Waals surface area contributed by atoms with Crippen LogP contribution in [0.2, 0.25) is 0 Å². The van der Waals surface area contributed by atoms with Crippen molar-refractivity contribution in [3.8, 4) is 73.3 Å². The van der Waals surface area contributed by atoms with Gasteiger partial charge in [0.15, 0.2) is 17.5 Å². The Balaban J connectivity index is 1.38. The van der Waals surface area contributed by atoms with Crippen LogP contribution in [0.4, 0.5) is 0 Å². The molecule has 0 amide bonds. The minimum absolute atomic E-state index is 0.465. The summed E-state index contributed by atoms with van der Waals surface area (Å²) < 4.78 is 6.60. The molecule has 0 saturated heterocycles. The molecule has 4 nitrogen and oxygen atoms in total. The summed E-state index contributed by atoms with van der Waals surface area (Å²) in [5, 5.41) is 0. The molecule has 0 saturated carbocycles. The molecule has 1 aliphatic heterocycles. The van der Waals surface area contributed by atoms with E-state index in [0.717, 1.165) is 61.4 Å². The fraction of sp³-hybridized carbons (Fsp3) is 0.0714. The molecule has 4 heteroatoms. The summed E-state index contributed by atoms with van der Waals surface area (Å²) in [6.45, 7) is 4.22. The van der Waals surface area contributed by atoms with Gasteiger partial charge in [-0.1, -0.05) is 127 Å². The van der Waals surface area contributed by atoms with Gasteiger partial charge in [-0.2, -0.15) is 0 Å². The van der Waals surface area contributed by atoms with E-state index < -0.39 is 5.60 Å². The smallest absolute Gasteiger partial charge is 0.164 e. The molecule has 6 aromatic carbocycles. The Hall–Kier alpha value is -5.87. The summed E-state index contributed by atoms with van der Waals surface area (Å²) in [4.78, 5) is 15.4. The van der Waals surface area contributed by atoms with E-state index in [9.17, 15) is 0 Å². The minimum atomic E-state index is -0.465. The Morgan fingerprint density at radius 1 is 0.413 bits per heavy atom. The third-order valence-electron chi connectivity index (χ3n) is 8.55. The highest BCUT2D eigenvalue weighted by molar-refractivity contribution is 5.89. The van der Waals surface area contributed by atoms with Crippen LogP contribution >= 0.6 is 0 Å². The number of fused-ring (bicyclic) bond motifs is 3. The first-order valence-electron chi connectivity index (χ1n) is 15.5. The number of benzene rings is 6. The van der Waals surface area contributed by atoms with Gasteiger partial charge in [0.2, 0.25) is 0 Å². The van der Waals surface area contributed by atoms with Crippen molar-refractivity contribution in [2.24, 2.45) is 0 Å². The van der Waals surface area contributed by atoms with Gasteiger partial charge in [0.25, 0.3) is 0 Å². The molecule has 0 atom stereocenters. The molecule has 0 unspecified atom stereocenters. The number of ether oxygens (including phenoxy) is 1. The summed E-state index contributed by atoms with van der Waals surface area (Å²) in [7, 11) is 0. The topological polar surface area (TPSA) is 47.9 Å². The van der Waals surface area contributed by atoms with Gasteiger partial charge < -0.3 is 4.74 Å². The van der Waals surface area contributed by atoms with Gasteiger partial charge in [0.1, 0.15) is 11.4 Å². The molecule has 2 heterocycles. The average Bonchev–Trinajstić information content (AvgIpc) is 3.12. The van der Waals surface area contributed by atoms with Crippen molar-refractivity contribution in [1.29, 1.82) is 0 Å². The Labute approximate surface area is 269 Å². The largest absolute Gasteiger partial charge is 0.482 e. The quantitative estimate of drug-likeness (QED) is 0.199. The molecule has 7 aromatic rings. The molecule has 0 aliphatic carbocycles. The highest BCUT2D eigenvalue weighted by Gasteiger charge is 2.34. The molecule has 0 spiro atoms. The van der Waals surface area contributed by atoms with Gasteiger partial charge in [-0.05, 0) is 65.9 Å². The summed E-state index contributed by atoms with van der Waals surface area (Å²) in [5.41, 5.74) is 10.0. The second-order valence-electron chi connectivity index (χ2n) is 12.0. The van der Waals surface area contributed by atoms with E-state index in [4.69, 9.17) is 19.7 Å². The second-order valence-corrected chi connectivity index (χ2v) is 12.0. The first kappa shape index (κ1) is 27.7. The van der Waals surface area contributed by atoms with Gasteiger partial charge in [-0.25, -0.2) is 15.0 Å². The van der Waals surface area contributed by atoms with Crippen LogP contribution in [0.3, 0.4) is 0 Å². The van der Waals surface area contributed by atoms with Crippen molar-refractivity contribution in [2.75, 3.05) is 0 Å². The van der Waals surface area contributed by atoms with Crippen molar-refractivity contribution in [3.63, 3.8) is 0 Å². The highest BCUT2D eigenvalue weighted by Crippen LogP contribution is 2.49. The molecular weight excluding hydrogens is 562 g/mol. The third kappa shape index (κ3) is 5.04. The summed E-state index contributed by atoms with van der Waals surface area (Å²) in [6, 6.07) is 52.2. The fourth-order valence-corrected chi connectivity index (χ4v) is 6.33. The van der Waals surface area contributed by atoms with Crippen LogP contribution in [0, 0.1) is 0 Å². The number of nitrogens with zero attached hydrogens (tertiary/aromatic N) is 3. The lowest BCUT2D eigenvalue weighted by molar-refractivity contribution is 0.106. The number of aromatic nitrogens is 3. The van der Waals surface area contributed by atoms with E-state index in [1.54, 1.807) is 0 Å². The van der Waals surface area contributed by atoms with Gasteiger partial charge >= 0.3 is 0 Å². The summed E-state index contributed by atoms with van der Waals surface area (Å²) >= 11 is 0. The molecule has 8 rings (SSSR count). The third-order valence-corrected chi connectivity index (χ3v) is 8.55. The average molecular weight is 594 g/mol. The normalized spacial score (nSPS) is 12.9. The maximum Gasteiger partial charge on any atom is 0.164 e. The van der Waals surface area contributed by atoms with Crippen LogP contribution in [0.5, 0.6) is 5.75 Å². The summed E-state index contributed by atoms with van der Waals surface area (Å²) in [5.74, 6) is 2.66. The Bertz CT molecular complexity index is 2140. The maximum absolute atomic E-state index is 6.60. The molecular formula is C42H31N3O. The Kier molecular flexibility index (Phi) is 6.76. The van der Waals surface area contributed by atoms with Crippen molar-refractivity contribution < 1.29 is 4.74 Å². The molecule has 0 bridgehead atoms. The SMILES string of the molecule is CC1(C)Oc2cccc(-c3nc(-c4ccccc4)nc(-c4cc(-c5ccccc5)cc(-c5ccccc5)c4)n3)c2-c2ccccc21. The molecule has 220 valence electrons. The number of hydrogen-bond acceptors (Lipinski definition) is 4. The van der Waals surface area contributed by atoms with E-state index in [-0.39, 0.29) is 0 Å². The van der Waals surface area contributed by atoms with Crippen molar-refractivity contribution in [2.45, 2.75) is 19.4 Å². The monoisotopic (exact) mass is 593 g/mol. The van der Waals surface area contributed by atoms with Crippen LogP contribution in [0.25, 0.3) is 67.5 Å². The van der Waals surface area contributed by atoms with Crippen LogP contribution in [0.1, 0.15) is 19.4 Å². The van der Waals surface area contributed by atoms with Crippen LogP contribution in [-0.2, 0) is 5.60 Å². The lowest BCUT2D eigenvalue weighted by atomic mass is 9.84. The van der Waals surface area contributed by atoms with E-state index >= 15 is 0 Å². The summed E-state index contributed by atoms with van der Waals surface area (Å²) in [6.07, 6.45) is 0. The minimum Gasteiger partial charge on any atom is -0.482 e. The Morgan fingerprint density at radius 3 is 1.52 bits per heavy atom. The van der Waals surface area contributed by atoms with Crippen LogP contribution in [0.15, 0.2) is 152 Å². The molecule has 0 N–H and O–H groups in total. The predicted octanol–water partition coefficient (Wildman–Crippen LogP) is 10.5. The molecule has 1 aliphatic rings. The van der Waals surface area contributed by atoms with Crippen molar-refractivity contribution >= 4 is 0 Å².